The van der Waals surface area contributed by atoms with Gasteiger partial charge in [0.15, 0.2) is 0 Å². The van der Waals surface area contributed by atoms with Gasteiger partial charge in [-0.05, 0) is 42.2 Å². The number of phenolic OH excluding ortho intramolecular Hbond substituents is 1. The molecule has 2 nitrogen and oxygen atoms in total. The molecular weight excluding hydrogens is 272 g/mol. The molecule has 0 radical (unpaired) electrons. The number of hydrogen-bond donors (Lipinski definition) is 1. The fraction of sp³-hybridized carbons (Fsp3) is 0.100. The van der Waals surface area contributed by atoms with E-state index in [1.54, 1.807) is 18.2 Å². The number of hydrogen-bond acceptors (Lipinski definition) is 2. The van der Waals surface area contributed by atoms with Crippen molar-refractivity contribution in [1.82, 2.24) is 0 Å². The minimum Gasteiger partial charge on any atom is -0.508 e. The first-order chi connectivity index (χ1) is 10.8. The van der Waals surface area contributed by atoms with Gasteiger partial charge in [-0.1, -0.05) is 54.6 Å². The van der Waals surface area contributed by atoms with Gasteiger partial charge < -0.3 is 9.84 Å². The van der Waals surface area contributed by atoms with E-state index in [4.69, 9.17) is 4.74 Å². The summed E-state index contributed by atoms with van der Waals surface area (Å²) in [5.41, 5.74) is 2.48. The average Bonchev–Trinajstić information content (AvgIpc) is 2.55. The van der Waals surface area contributed by atoms with Crippen LogP contribution in [0.15, 0.2) is 78.9 Å². The normalized spacial score (nSPS) is 10.4. The summed E-state index contributed by atoms with van der Waals surface area (Å²) in [5, 5.41) is 9.53. The summed E-state index contributed by atoms with van der Waals surface area (Å²) in [6.07, 6.45) is 1.89. The fourth-order valence-corrected chi connectivity index (χ4v) is 2.41. The number of rotatable bonds is 5. The van der Waals surface area contributed by atoms with Crippen LogP contribution in [-0.2, 0) is 12.8 Å². The largest absolute Gasteiger partial charge is 0.508 e. The van der Waals surface area contributed by atoms with Crippen LogP contribution in [-0.4, -0.2) is 5.11 Å². The van der Waals surface area contributed by atoms with Crippen molar-refractivity contribution in [2.75, 3.05) is 0 Å². The molecule has 22 heavy (non-hydrogen) atoms. The number of phenols is 1. The molecule has 3 aromatic carbocycles. The monoisotopic (exact) mass is 290 g/mol. The van der Waals surface area contributed by atoms with Crippen molar-refractivity contribution in [3.8, 4) is 17.2 Å². The predicted octanol–water partition coefficient (Wildman–Crippen LogP) is 4.97. The van der Waals surface area contributed by atoms with Gasteiger partial charge in [0, 0.05) is 6.07 Å². The van der Waals surface area contributed by atoms with E-state index in [0.29, 0.717) is 5.75 Å². The minimum atomic E-state index is 0.208. The van der Waals surface area contributed by atoms with Gasteiger partial charge in [0.25, 0.3) is 0 Å². The summed E-state index contributed by atoms with van der Waals surface area (Å²) < 4.78 is 5.92. The van der Waals surface area contributed by atoms with Crippen LogP contribution in [0.25, 0.3) is 0 Å². The van der Waals surface area contributed by atoms with Crippen LogP contribution in [0.3, 0.4) is 0 Å². The van der Waals surface area contributed by atoms with Gasteiger partial charge >= 0.3 is 0 Å². The van der Waals surface area contributed by atoms with E-state index >= 15 is 0 Å². The number of ether oxygens (including phenoxy) is 1. The fourth-order valence-electron chi connectivity index (χ4n) is 2.41. The first kappa shape index (κ1) is 14.2. The number of para-hydroxylation sites is 1. The van der Waals surface area contributed by atoms with Gasteiger partial charge in [0.2, 0.25) is 0 Å². The molecule has 110 valence electrons. The highest BCUT2D eigenvalue weighted by Gasteiger charge is 2.05. The van der Waals surface area contributed by atoms with Crippen molar-refractivity contribution in [1.29, 1.82) is 0 Å². The topological polar surface area (TPSA) is 29.5 Å². The lowest BCUT2D eigenvalue weighted by molar-refractivity contribution is 0.452. The molecule has 0 amide bonds. The first-order valence-electron chi connectivity index (χ1n) is 7.40. The first-order valence-corrected chi connectivity index (χ1v) is 7.40. The van der Waals surface area contributed by atoms with E-state index in [1.807, 2.05) is 30.3 Å². The quantitative estimate of drug-likeness (QED) is 0.719. The number of aryl methyl sites for hydroxylation is 2. The molecular formula is C20H18O2. The van der Waals surface area contributed by atoms with Gasteiger partial charge in [-0.25, -0.2) is 0 Å². The van der Waals surface area contributed by atoms with Crippen LogP contribution < -0.4 is 4.74 Å². The molecule has 1 N–H and O–H groups in total. The standard InChI is InChI=1S/C20H18O2/c21-18-10-6-11-19(15-18)22-20-12-5-4-9-17(20)14-13-16-7-2-1-3-8-16/h1-12,15,21H,13-14H2. The third kappa shape index (κ3) is 3.67. The molecule has 3 rings (SSSR count). The second-order valence-electron chi connectivity index (χ2n) is 5.19. The lowest BCUT2D eigenvalue weighted by Crippen LogP contribution is -1.95. The molecule has 0 spiro atoms. The van der Waals surface area contributed by atoms with Crippen molar-refractivity contribution in [3.05, 3.63) is 90.0 Å². The average molecular weight is 290 g/mol. The smallest absolute Gasteiger partial charge is 0.131 e. The van der Waals surface area contributed by atoms with Gasteiger partial charge in [0.1, 0.15) is 17.2 Å². The maximum absolute atomic E-state index is 9.53. The molecule has 0 fully saturated rings. The van der Waals surface area contributed by atoms with E-state index in [2.05, 4.69) is 30.3 Å². The molecule has 0 heterocycles. The van der Waals surface area contributed by atoms with Crippen molar-refractivity contribution in [2.45, 2.75) is 12.8 Å². The number of aromatic hydroxyl groups is 1. The van der Waals surface area contributed by atoms with Crippen molar-refractivity contribution < 1.29 is 9.84 Å². The van der Waals surface area contributed by atoms with E-state index in [1.165, 1.54) is 5.56 Å². The van der Waals surface area contributed by atoms with Crippen molar-refractivity contribution >= 4 is 0 Å². The highest BCUT2D eigenvalue weighted by atomic mass is 16.5. The van der Waals surface area contributed by atoms with E-state index in [0.717, 1.165) is 24.2 Å². The van der Waals surface area contributed by atoms with Crippen molar-refractivity contribution in [2.24, 2.45) is 0 Å². The van der Waals surface area contributed by atoms with Crippen LogP contribution in [0.5, 0.6) is 17.2 Å². The Morgan fingerprint density at radius 3 is 2.32 bits per heavy atom. The Morgan fingerprint density at radius 2 is 1.50 bits per heavy atom. The van der Waals surface area contributed by atoms with E-state index in [-0.39, 0.29) is 5.75 Å². The summed E-state index contributed by atoms with van der Waals surface area (Å²) in [4.78, 5) is 0. The Labute approximate surface area is 130 Å². The second kappa shape index (κ2) is 6.81. The molecule has 0 saturated heterocycles. The molecule has 0 atom stereocenters. The third-order valence-electron chi connectivity index (χ3n) is 3.54. The summed E-state index contributed by atoms with van der Waals surface area (Å²) in [5.74, 6) is 1.69. The zero-order valence-electron chi connectivity index (χ0n) is 12.3. The molecule has 3 aromatic rings. The van der Waals surface area contributed by atoms with Gasteiger partial charge in [-0.3, -0.25) is 0 Å². The zero-order valence-corrected chi connectivity index (χ0v) is 12.3. The molecule has 0 aliphatic heterocycles. The summed E-state index contributed by atoms with van der Waals surface area (Å²) >= 11 is 0. The third-order valence-corrected chi connectivity index (χ3v) is 3.54. The highest BCUT2D eigenvalue weighted by Crippen LogP contribution is 2.28. The minimum absolute atomic E-state index is 0.208. The van der Waals surface area contributed by atoms with Crippen LogP contribution in [0, 0.1) is 0 Å². The maximum Gasteiger partial charge on any atom is 0.131 e. The zero-order chi connectivity index (χ0) is 15.2. The van der Waals surface area contributed by atoms with Gasteiger partial charge in [-0.15, -0.1) is 0 Å². The Morgan fingerprint density at radius 1 is 0.727 bits per heavy atom. The molecule has 0 aliphatic carbocycles. The Balaban J connectivity index is 1.75. The van der Waals surface area contributed by atoms with Crippen LogP contribution in [0.2, 0.25) is 0 Å². The molecule has 2 heteroatoms. The summed E-state index contributed by atoms with van der Waals surface area (Å²) in [6, 6.07) is 25.3. The lowest BCUT2D eigenvalue weighted by Gasteiger charge is -2.11. The second-order valence-corrected chi connectivity index (χ2v) is 5.19. The van der Waals surface area contributed by atoms with Crippen LogP contribution in [0.1, 0.15) is 11.1 Å². The van der Waals surface area contributed by atoms with Crippen molar-refractivity contribution in [3.63, 3.8) is 0 Å². The number of benzene rings is 3. The van der Waals surface area contributed by atoms with E-state index < -0.39 is 0 Å². The van der Waals surface area contributed by atoms with Gasteiger partial charge in [0.05, 0.1) is 0 Å². The predicted molar refractivity (Wildman–Crippen MR) is 88.5 cm³/mol. The molecule has 0 aromatic heterocycles. The molecule has 0 bridgehead atoms. The lowest BCUT2D eigenvalue weighted by atomic mass is 10.0. The summed E-state index contributed by atoms with van der Waals surface area (Å²) in [6.45, 7) is 0. The maximum atomic E-state index is 9.53. The summed E-state index contributed by atoms with van der Waals surface area (Å²) in [7, 11) is 0. The van der Waals surface area contributed by atoms with Crippen LogP contribution >= 0.6 is 0 Å². The van der Waals surface area contributed by atoms with E-state index in [9.17, 15) is 5.11 Å². The molecule has 0 aliphatic rings. The Bertz CT molecular complexity index is 735. The Kier molecular flexibility index (Phi) is 4.40. The van der Waals surface area contributed by atoms with Crippen LogP contribution in [0.4, 0.5) is 0 Å². The molecule has 0 unspecified atom stereocenters. The Hall–Kier alpha value is -2.74. The highest BCUT2D eigenvalue weighted by molar-refractivity contribution is 5.40. The SMILES string of the molecule is Oc1cccc(Oc2ccccc2CCc2ccccc2)c1. The van der Waals surface area contributed by atoms with Gasteiger partial charge in [-0.2, -0.15) is 0 Å². The molecule has 0 saturated carbocycles.